The standard InChI is InChI=1S/C10H21B3N4O4/c1-6(18)2-3-7(10(21)16-13)17(4-8(19)14-11)5-9(20)15-12/h7H,2-5,11-13H2,1H3,(H,14,19)(H,15,20)(H,16,21)/t7-/m0/s1. The van der Waals surface area contributed by atoms with Gasteiger partial charge in [0.05, 0.1) is 19.1 Å². The monoisotopic (exact) mass is 294 g/mol. The molecule has 0 aliphatic rings. The molecule has 0 saturated heterocycles. The van der Waals surface area contributed by atoms with Gasteiger partial charge in [-0.25, -0.2) is 0 Å². The molecule has 0 rings (SSSR count). The SMILES string of the molecule is BNC(=O)CN(CC(=O)NB)[C@@H](CCC(C)=O)C(=O)NB. The van der Waals surface area contributed by atoms with E-state index in [0.717, 1.165) is 0 Å². The fourth-order valence-corrected chi connectivity index (χ4v) is 1.79. The van der Waals surface area contributed by atoms with Gasteiger partial charge in [0.25, 0.3) is 0 Å². The van der Waals surface area contributed by atoms with E-state index in [9.17, 15) is 19.2 Å². The van der Waals surface area contributed by atoms with Crippen molar-refractivity contribution in [1.29, 1.82) is 0 Å². The van der Waals surface area contributed by atoms with Crippen molar-refractivity contribution in [1.82, 2.24) is 20.6 Å². The summed E-state index contributed by atoms with van der Waals surface area (Å²) in [5.74, 6) is -1.00. The Morgan fingerprint density at radius 2 is 1.43 bits per heavy atom. The van der Waals surface area contributed by atoms with Gasteiger partial charge in [0.2, 0.25) is 41.7 Å². The van der Waals surface area contributed by atoms with Gasteiger partial charge in [-0.15, -0.1) is 0 Å². The fraction of sp³-hybridized carbons (Fsp3) is 0.600. The van der Waals surface area contributed by atoms with Crippen molar-refractivity contribution in [2.75, 3.05) is 13.1 Å². The van der Waals surface area contributed by atoms with Gasteiger partial charge in [-0.05, 0) is 13.3 Å². The van der Waals surface area contributed by atoms with Crippen molar-refractivity contribution in [2.45, 2.75) is 25.8 Å². The predicted octanol–water partition coefficient (Wildman–Crippen LogP) is -4.98. The summed E-state index contributed by atoms with van der Waals surface area (Å²) in [5.41, 5.74) is 0. The van der Waals surface area contributed by atoms with Crippen LogP contribution in [0.3, 0.4) is 0 Å². The molecule has 0 bridgehead atoms. The number of hydrogen-bond acceptors (Lipinski definition) is 5. The average molecular weight is 294 g/mol. The molecule has 0 radical (unpaired) electrons. The van der Waals surface area contributed by atoms with Crippen molar-refractivity contribution in [2.24, 2.45) is 0 Å². The van der Waals surface area contributed by atoms with Gasteiger partial charge in [-0.2, -0.15) is 0 Å². The minimum atomic E-state index is -0.714. The number of carbonyl (C=O) groups excluding carboxylic acids is 4. The summed E-state index contributed by atoms with van der Waals surface area (Å²) < 4.78 is 0. The van der Waals surface area contributed by atoms with E-state index >= 15 is 0 Å². The number of nitrogens with one attached hydrogen (secondary N) is 3. The van der Waals surface area contributed by atoms with E-state index in [1.807, 2.05) is 0 Å². The first-order valence-electron chi connectivity index (χ1n) is 6.71. The lowest BCUT2D eigenvalue weighted by molar-refractivity contribution is -0.129. The Morgan fingerprint density at radius 1 is 0.952 bits per heavy atom. The molecule has 0 aromatic heterocycles. The molecular weight excluding hydrogens is 273 g/mol. The van der Waals surface area contributed by atoms with Gasteiger partial charge in [0.1, 0.15) is 5.78 Å². The maximum Gasteiger partial charge on any atom is 0.225 e. The number of carbonyl (C=O) groups is 4. The summed E-state index contributed by atoms with van der Waals surface area (Å²) in [6.07, 6.45) is 0.457. The van der Waals surface area contributed by atoms with Crippen LogP contribution in [0, 0.1) is 0 Å². The van der Waals surface area contributed by atoms with Gasteiger partial charge in [0, 0.05) is 6.42 Å². The minimum Gasteiger partial charge on any atom is -0.405 e. The van der Waals surface area contributed by atoms with Crippen LogP contribution in [0.4, 0.5) is 0 Å². The smallest absolute Gasteiger partial charge is 0.225 e. The maximum atomic E-state index is 12.0. The van der Waals surface area contributed by atoms with Gasteiger partial charge < -0.3 is 20.5 Å². The Labute approximate surface area is 127 Å². The van der Waals surface area contributed by atoms with Crippen LogP contribution in [0.2, 0.25) is 0 Å². The number of rotatable bonds is 9. The number of nitrogens with zero attached hydrogens (tertiary/aromatic N) is 1. The second-order valence-corrected chi connectivity index (χ2v) is 4.62. The van der Waals surface area contributed by atoms with Crippen LogP contribution in [0.15, 0.2) is 0 Å². The fourth-order valence-electron chi connectivity index (χ4n) is 1.79. The number of amides is 3. The molecule has 0 aromatic carbocycles. The van der Waals surface area contributed by atoms with Crippen LogP contribution in [-0.2, 0) is 19.2 Å². The van der Waals surface area contributed by atoms with E-state index in [0.29, 0.717) is 0 Å². The molecule has 0 fully saturated rings. The van der Waals surface area contributed by atoms with Crippen LogP contribution in [0.1, 0.15) is 19.8 Å². The average Bonchev–Trinajstić information content (AvgIpc) is 2.45. The van der Waals surface area contributed by atoms with E-state index in [2.05, 4.69) is 15.7 Å². The molecule has 11 heteroatoms. The Bertz CT molecular complexity index is 390. The number of ketones is 1. The summed E-state index contributed by atoms with van der Waals surface area (Å²) in [5, 5.41) is 7.40. The lowest BCUT2D eigenvalue weighted by atomic mass is 10.1. The van der Waals surface area contributed by atoms with Crippen LogP contribution < -0.4 is 15.7 Å². The first-order valence-corrected chi connectivity index (χ1v) is 6.71. The second-order valence-electron chi connectivity index (χ2n) is 4.62. The molecule has 0 aromatic rings. The van der Waals surface area contributed by atoms with Crippen LogP contribution in [0.25, 0.3) is 0 Å². The van der Waals surface area contributed by atoms with E-state index in [4.69, 9.17) is 0 Å². The van der Waals surface area contributed by atoms with Gasteiger partial charge in [-0.1, -0.05) is 0 Å². The molecule has 0 aliphatic heterocycles. The third-order valence-corrected chi connectivity index (χ3v) is 3.01. The second kappa shape index (κ2) is 10.0. The zero-order valence-electron chi connectivity index (χ0n) is 13.0. The molecule has 21 heavy (non-hydrogen) atoms. The Morgan fingerprint density at radius 3 is 1.76 bits per heavy atom. The lowest BCUT2D eigenvalue weighted by Crippen LogP contribution is -2.52. The van der Waals surface area contributed by atoms with Crippen LogP contribution in [-0.4, -0.2) is 71.5 Å². The molecule has 0 aliphatic carbocycles. The predicted molar refractivity (Wildman–Crippen MR) is 85.3 cm³/mol. The van der Waals surface area contributed by atoms with E-state index in [1.165, 1.54) is 35.8 Å². The molecular formula is C10H21B3N4O4. The van der Waals surface area contributed by atoms with Crippen molar-refractivity contribution in [3.63, 3.8) is 0 Å². The molecule has 3 N–H and O–H groups in total. The van der Waals surface area contributed by atoms with E-state index in [1.54, 1.807) is 0 Å². The normalized spacial score (nSPS) is 11.5. The summed E-state index contributed by atoms with van der Waals surface area (Å²) in [6.45, 7) is 1.24. The molecule has 0 heterocycles. The van der Waals surface area contributed by atoms with E-state index in [-0.39, 0.29) is 49.4 Å². The first-order chi connectivity index (χ1) is 9.85. The highest BCUT2D eigenvalue weighted by Gasteiger charge is 2.28. The highest BCUT2D eigenvalue weighted by Crippen LogP contribution is 2.08. The largest absolute Gasteiger partial charge is 0.405 e. The first kappa shape index (κ1) is 19.2. The Kier molecular flexibility index (Phi) is 9.19. The summed E-state index contributed by atoms with van der Waals surface area (Å²) >= 11 is 0. The lowest BCUT2D eigenvalue weighted by Gasteiger charge is -2.29. The zero-order valence-corrected chi connectivity index (χ0v) is 13.0. The Balaban J connectivity index is 5.11. The van der Waals surface area contributed by atoms with Crippen molar-refractivity contribution >= 4 is 47.4 Å². The quantitative estimate of drug-likeness (QED) is 0.369. The summed E-state index contributed by atoms with van der Waals surface area (Å²) in [6, 6.07) is -0.714. The highest BCUT2D eigenvalue weighted by molar-refractivity contribution is 6.16. The number of Topliss-reactive ketones (excluding diaryl/α,β-unsaturated/α-hetero) is 1. The van der Waals surface area contributed by atoms with E-state index < -0.39 is 6.04 Å². The van der Waals surface area contributed by atoms with Crippen molar-refractivity contribution in [3.05, 3.63) is 0 Å². The maximum absolute atomic E-state index is 12.0. The molecule has 3 amide bonds. The van der Waals surface area contributed by atoms with Crippen LogP contribution >= 0.6 is 0 Å². The number of hydrogen-bond donors (Lipinski definition) is 3. The molecule has 0 saturated carbocycles. The molecule has 0 spiro atoms. The molecule has 114 valence electrons. The Hall–Kier alpha value is -1.77. The molecule has 0 unspecified atom stereocenters. The third-order valence-electron chi connectivity index (χ3n) is 3.01. The van der Waals surface area contributed by atoms with Crippen molar-refractivity contribution < 1.29 is 19.2 Å². The highest BCUT2D eigenvalue weighted by atomic mass is 16.2. The molecule has 8 nitrogen and oxygen atoms in total. The minimum absolute atomic E-state index is 0.0521. The summed E-state index contributed by atoms with van der Waals surface area (Å²) in [4.78, 5) is 47.7. The van der Waals surface area contributed by atoms with Gasteiger partial charge in [-0.3, -0.25) is 19.3 Å². The zero-order chi connectivity index (χ0) is 16.4. The molecule has 1 atom stereocenters. The van der Waals surface area contributed by atoms with Crippen LogP contribution in [0.5, 0.6) is 0 Å². The third kappa shape index (κ3) is 7.55. The van der Waals surface area contributed by atoms with Crippen molar-refractivity contribution in [3.8, 4) is 0 Å². The topological polar surface area (TPSA) is 108 Å². The van der Waals surface area contributed by atoms with Gasteiger partial charge >= 0.3 is 0 Å². The summed E-state index contributed by atoms with van der Waals surface area (Å²) in [7, 11) is 4.43. The van der Waals surface area contributed by atoms with Gasteiger partial charge in [0.15, 0.2) is 0 Å².